The topological polar surface area (TPSA) is 33.2 Å². The van der Waals surface area contributed by atoms with Crippen molar-refractivity contribution in [1.82, 2.24) is 4.98 Å². The van der Waals surface area contributed by atoms with E-state index in [2.05, 4.69) is 49.9 Å². The molecule has 1 aliphatic heterocycles. The van der Waals surface area contributed by atoms with Gasteiger partial charge in [0.15, 0.2) is 11.4 Å². The molecule has 0 radical (unpaired) electrons. The zero-order valence-corrected chi connectivity index (χ0v) is 13.5. The molecule has 2 heterocycles. The lowest BCUT2D eigenvalue weighted by Gasteiger charge is -2.28. The summed E-state index contributed by atoms with van der Waals surface area (Å²) >= 11 is 1.51. The van der Waals surface area contributed by atoms with Crippen LogP contribution in [0.4, 0.5) is 5.13 Å². The van der Waals surface area contributed by atoms with E-state index in [9.17, 15) is 4.79 Å². The smallest absolute Gasteiger partial charge is 0.186 e. The van der Waals surface area contributed by atoms with Crippen LogP contribution in [0.5, 0.6) is 0 Å². The number of fused-ring (bicyclic) bond motifs is 1. The minimum atomic E-state index is -0.0985. The zero-order chi connectivity index (χ0) is 15.0. The number of carbonyl (C=O) groups is 1. The lowest BCUT2D eigenvalue weighted by Crippen LogP contribution is -2.30. The van der Waals surface area contributed by atoms with E-state index in [0.29, 0.717) is 0 Å². The number of hydrogen-bond acceptors (Lipinski definition) is 4. The highest BCUT2D eigenvalue weighted by Gasteiger charge is 2.26. The summed E-state index contributed by atoms with van der Waals surface area (Å²) in [5, 5.41) is 0.969. The van der Waals surface area contributed by atoms with Gasteiger partial charge in [0.25, 0.3) is 0 Å². The van der Waals surface area contributed by atoms with Crippen molar-refractivity contribution in [3.05, 3.63) is 46.0 Å². The lowest BCUT2D eigenvalue weighted by molar-refractivity contribution is 0.112. The van der Waals surface area contributed by atoms with E-state index in [4.69, 9.17) is 4.98 Å². The van der Waals surface area contributed by atoms with Crippen LogP contribution in [0.2, 0.25) is 0 Å². The molecule has 0 bridgehead atoms. The Kier molecular flexibility index (Phi) is 3.57. The van der Waals surface area contributed by atoms with Gasteiger partial charge in [0.1, 0.15) is 0 Å². The highest BCUT2D eigenvalue weighted by Crippen LogP contribution is 2.34. The van der Waals surface area contributed by atoms with Crippen LogP contribution in [0.25, 0.3) is 0 Å². The first kappa shape index (κ1) is 14.3. The molecule has 0 saturated carbocycles. The molecular formula is C17H20N2OS. The molecule has 1 aromatic heterocycles. The second-order valence-electron chi connectivity index (χ2n) is 6.52. The number of aldehydes is 1. The number of anilines is 1. The molecule has 21 heavy (non-hydrogen) atoms. The van der Waals surface area contributed by atoms with Gasteiger partial charge >= 0.3 is 0 Å². The van der Waals surface area contributed by atoms with Crippen molar-refractivity contribution in [3.63, 3.8) is 0 Å². The molecule has 110 valence electrons. The number of aromatic nitrogens is 1. The maximum absolute atomic E-state index is 11.3. The fraction of sp³-hybridized carbons (Fsp3) is 0.412. The maximum Gasteiger partial charge on any atom is 0.186 e. The predicted octanol–water partition coefficient (Wildman–Crippen LogP) is 3.82. The van der Waals surface area contributed by atoms with Crippen molar-refractivity contribution in [1.29, 1.82) is 0 Å². The van der Waals surface area contributed by atoms with E-state index in [0.717, 1.165) is 41.5 Å². The van der Waals surface area contributed by atoms with Crippen molar-refractivity contribution < 1.29 is 4.79 Å². The Labute approximate surface area is 129 Å². The molecule has 2 aromatic rings. The van der Waals surface area contributed by atoms with Gasteiger partial charge in [0, 0.05) is 18.5 Å². The van der Waals surface area contributed by atoms with Crippen LogP contribution in [0.15, 0.2) is 24.3 Å². The van der Waals surface area contributed by atoms with Gasteiger partial charge in [-0.3, -0.25) is 4.79 Å². The Morgan fingerprint density at radius 2 is 1.95 bits per heavy atom. The highest BCUT2D eigenvalue weighted by atomic mass is 32.1. The predicted molar refractivity (Wildman–Crippen MR) is 87.4 cm³/mol. The van der Waals surface area contributed by atoms with Crippen LogP contribution < -0.4 is 4.90 Å². The van der Waals surface area contributed by atoms with Crippen molar-refractivity contribution in [2.75, 3.05) is 11.4 Å². The first-order valence-corrected chi connectivity index (χ1v) is 8.09. The molecule has 1 aromatic carbocycles. The van der Waals surface area contributed by atoms with Gasteiger partial charge in [-0.05, 0) is 17.5 Å². The van der Waals surface area contributed by atoms with Crippen molar-refractivity contribution >= 4 is 22.8 Å². The van der Waals surface area contributed by atoms with Gasteiger partial charge < -0.3 is 4.90 Å². The van der Waals surface area contributed by atoms with Crippen LogP contribution in [-0.4, -0.2) is 17.8 Å². The average Bonchev–Trinajstić information content (AvgIpc) is 2.91. The molecule has 0 spiro atoms. The first-order chi connectivity index (χ1) is 9.99. The Balaban J connectivity index is 1.92. The van der Waals surface area contributed by atoms with E-state index in [-0.39, 0.29) is 5.41 Å². The van der Waals surface area contributed by atoms with Gasteiger partial charge in [0.05, 0.1) is 10.6 Å². The molecular weight excluding hydrogens is 280 g/mol. The molecule has 3 rings (SSSR count). The first-order valence-electron chi connectivity index (χ1n) is 7.27. The quantitative estimate of drug-likeness (QED) is 0.791. The van der Waals surface area contributed by atoms with Gasteiger partial charge in [-0.15, -0.1) is 0 Å². The van der Waals surface area contributed by atoms with Crippen LogP contribution in [0, 0.1) is 0 Å². The number of benzene rings is 1. The lowest BCUT2D eigenvalue weighted by atomic mass is 9.91. The number of carbonyl (C=O) groups excluding carboxylic acids is 1. The minimum Gasteiger partial charge on any atom is -0.343 e. The molecule has 0 fully saturated rings. The van der Waals surface area contributed by atoms with E-state index >= 15 is 0 Å². The largest absolute Gasteiger partial charge is 0.343 e. The summed E-state index contributed by atoms with van der Waals surface area (Å²) in [6, 6.07) is 8.56. The monoisotopic (exact) mass is 300 g/mol. The van der Waals surface area contributed by atoms with Crippen molar-refractivity contribution in [2.24, 2.45) is 0 Å². The van der Waals surface area contributed by atoms with E-state index < -0.39 is 0 Å². The summed E-state index contributed by atoms with van der Waals surface area (Å²) < 4.78 is 0. The second kappa shape index (κ2) is 5.26. The minimum absolute atomic E-state index is 0.0985. The Morgan fingerprint density at radius 3 is 2.57 bits per heavy atom. The number of thiazole rings is 1. The molecule has 1 aliphatic rings. The third-order valence-corrected chi connectivity index (χ3v) is 4.90. The van der Waals surface area contributed by atoms with Gasteiger partial charge in [-0.2, -0.15) is 0 Å². The van der Waals surface area contributed by atoms with Crippen molar-refractivity contribution in [2.45, 2.75) is 39.2 Å². The Bertz CT molecular complexity index is 670. The number of nitrogens with zero attached hydrogens (tertiary/aromatic N) is 2. The third kappa shape index (κ3) is 2.72. The highest BCUT2D eigenvalue weighted by molar-refractivity contribution is 7.17. The van der Waals surface area contributed by atoms with Crippen LogP contribution >= 0.6 is 11.3 Å². The normalized spacial score (nSPS) is 14.9. The summed E-state index contributed by atoms with van der Waals surface area (Å²) in [5.74, 6) is 0. The molecule has 0 amide bonds. The molecule has 0 unspecified atom stereocenters. The molecule has 3 nitrogen and oxygen atoms in total. The fourth-order valence-electron chi connectivity index (χ4n) is 2.73. The van der Waals surface area contributed by atoms with Gasteiger partial charge in [-0.1, -0.05) is 56.4 Å². The van der Waals surface area contributed by atoms with Crippen LogP contribution in [-0.2, 0) is 18.4 Å². The van der Waals surface area contributed by atoms with Crippen LogP contribution in [0.3, 0.4) is 0 Å². The molecule has 0 saturated heterocycles. The van der Waals surface area contributed by atoms with E-state index in [1.165, 1.54) is 22.5 Å². The fourth-order valence-corrected chi connectivity index (χ4v) is 3.85. The van der Waals surface area contributed by atoms with E-state index in [1.807, 2.05) is 0 Å². The summed E-state index contributed by atoms with van der Waals surface area (Å²) in [7, 11) is 0. The maximum atomic E-state index is 11.3. The third-order valence-electron chi connectivity index (χ3n) is 3.86. The SMILES string of the molecule is CC(C)(C)c1nc(N2CCc3ccccc3C2)sc1C=O. The number of hydrogen-bond donors (Lipinski definition) is 0. The average molecular weight is 300 g/mol. The van der Waals surface area contributed by atoms with E-state index in [1.54, 1.807) is 0 Å². The van der Waals surface area contributed by atoms with Gasteiger partial charge in [0.2, 0.25) is 0 Å². The summed E-state index contributed by atoms with van der Waals surface area (Å²) in [5.41, 5.74) is 3.61. The molecule has 4 heteroatoms. The van der Waals surface area contributed by atoms with Gasteiger partial charge in [-0.25, -0.2) is 4.98 Å². The summed E-state index contributed by atoms with van der Waals surface area (Å²) in [4.78, 5) is 19.1. The standard InChI is InChI=1S/C17H20N2OS/c1-17(2,3)15-14(11-20)21-16(18-15)19-9-8-12-6-4-5-7-13(12)10-19/h4-7,11H,8-10H2,1-3H3. The molecule has 0 N–H and O–H groups in total. The summed E-state index contributed by atoms with van der Waals surface area (Å²) in [6.45, 7) is 8.15. The Hall–Kier alpha value is -1.68. The number of rotatable bonds is 2. The Morgan fingerprint density at radius 1 is 1.24 bits per heavy atom. The molecule has 0 atom stereocenters. The second-order valence-corrected chi connectivity index (χ2v) is 7.53. The molecule has 0 aliphatic carbocycles. The zero-order valence-electron chi connectivity index (χ0n) is 12.7. The van der Waals surface area contributed by atoms with Crippen LogP contribution in [0.1, 0.15) is 47.3 Å². The van der Waals surface area contributed by atoms with Crippen molar-refractivity contribution in [3.8, 4) is 0 Å². The summed E-state index contributed by atoms with van der Waals surface area (Å²) in [6.07, 6.45) is 1.98.